The summed E-state index contributed by atoms with van der Waals surface area (Å²) in [5.74, 6) is -0.532. The first kappa shape index (κ1) is 15.3. The Bertz CT molecular complexity index is 741. The summed E-state index contributed by atoms with van der Waals surface area (Å²) in [6.07, 6.45) is 0.551. The molecule has 0 amide bonds. The van der Waals surface area contributed by atoms with Gasteiger partial charge in [0.1, 0.15) is 24.2 Å². The molecule has 2 rings (SSSR count). The Hall–Kier alpha value is -2.09. The maximum absolute atomic E-state index is 13.9. The minimum absolute atomic E-state index is 0.0751. The Morgan fingerprint density at radius 1 is 1.33 bits per heavy atom. The molecule has 0 heterocycles. The van der Waals surface area contributed by atoms with Crippen molar-refractivity contribution >= 4 is 29.5 Å². The summed E-state index contributed by atoms with van der Waals surface area (Å²) in [6, 6.07) is 8.97. The predicted molar refractivity (Wildman–Crippen MR) is 77.3 cm³/mol. The Morgan fingerprint density at radius 3 is 2.76 bits per heavy atom. The van der Waals surface area contributed by atoms with Crippen LogP contribution in [0.2, 0.25) is 10.0 Å². The predicted octanol–water partition coefficient (Wildman–Crippen LogP) is 4.40. The van der Waals surface area contributed by atoms with Crippen molar-refractivity contribution in [2.45, 2.75) is 6.61 Å². The van der Waals surface area contributed by atoms with Gasteiger partial charge >= 0.3 is 0 Å². The Balaban J connectivity index is 2.29. The summed E-state index contributed by atoms with van der Waals surface area (Å²) in [4.78, 5) is 11.0. The van der Waals surface area contributed by atoms with Gasteiger partial charge in [-0.25, -0.2) is 4.39 Å². The normalized spacial score (nSPS) is 10.0. The van der Waals surface area contributed by atoms with E-state index in [1.54, 1.807) is 12.1 Å². The van der Waals surface area contributed by atoms with Gasteiger partial charge in [0.15, 0.2) is 6.29 Å². The Kier molecular flexibility index (Phi) is 4.79. The van der Waals surface area contributed by atoms with Crippen LogP contribution >= 0.6 is 23.2 Å². The standard InChI is InChI=1S/C15H8Cl2FNO2/c16-12-4-11(7-20)15(13(17)5-12)21-8-10-3-1-2-9(6-19)14(10)18/h1-5,7H,8H2. The molecule has 0 aliphatic heterocycles. The second kappa shape index (κ2) is 6.57. The van der Waals surface area contributed by atoms with Crippen molar-refractivity contribution in [1.82, 2.24) is 0 Å². The molecule has 0 saturated carbocycles. The SMILES string of the molecule is N#Cc1cccc(COc2c(Cl)cc(Cl)cc2C=O)c1F. The summed E-state index contributed by atoms with van der Waals surface area (Å²) in [5.41, 5.74) is 0.287. The van der Waals surface area contributed by atoms with E-state index in [0.717, 1.165) is 0 Å². The smallest absolute Gasteiger partial charge is 0.153 e. The number of nitrogens with zero attached hydrogens (tertiary/aromatic N) is 1. The van der Waals surface area contributed by atoms with Crippen LogP contribution < -0.4 is 4.74 Å². The second-order valence-electron chi connectivity index (χ2n) is 4.10. The van der Waals surface area contributed by atoms with Gasteiger partial charge in [0, 0.05) is 10.6 Å². The van der Waals surface area contributed by atoms with E-state index in [1.807, 2.05) is 0 Å². The summed E-state index contributed by atoms with van der Waals surface area (Å²) in [5, 5.41) is 9.22. The molecule has 2 aromatic carbocycles. The third-order valence-electron chi connectivity index (χ3n) is 2.74. The van der Waals surface area contributed by atoms with Gasteiger partial charge in [-0.1, -0.05) is 35.3 Å². The monoisotopic (exact) mass is 323 g/mol. The molecule has 0 aromatic heterocycles. The Labute approximate surface area is 130 Å². The first-order chi connectivity index (χ1) is 10.1. The van der Waals surface area contributed by atoms with Crippen LogP contribution in [0.5, 0.6) is 5.75 Å². The fourth-order valence-electron chi connectivity index (χ4n) is 1.75. The van der Waals surface area contributed by atoms with Crippen LogP contribution in [0.1, 0.15) is 21.5 Å². The van der Waals surface area contributed by atoms with Gasteiger partial charge in [-0.05, 0) is 18.2 Å². The first-order valence-electron chi connectivity index (χ1n) is 5.81. The number of halogens is 3. The number of rotatable bonds is 4. The lowest BCUT2D eigenvalue weighted by Crippen LogP contribution is -2.02. The molecule has 3 nitrogen and oxygen atoms in total. The highest BCUT2D eigenvalue weighted by molar-refractivity contribution is 6.36. The zero-order chi connectivity index (χ0) is 15.4. The van der Waals surface area contributed by atoms with E-state index < -0.39 is 5.82 Å². The van der Waals surface area contributed by atoms with Crippen molar-refractivity contribution in [3.63, 3.8) is 0 Å². The minimum atomic E-state index is -0.655. The maximum Gasteiger partial charge on any atom is 0.153 e. The lowest BCUT2D eigenvalue weighted by atomic mass is 10.1. The number of carbonyl (C=O) groups is 1. The van der Waals surface area contributed by atoms with E-state index in [0.29, 0.717) is 11.3 Å². The molecular formula is C15H8Cl2FNO2. The quantitative estimate of drug-likeness (QED) is 0.784. The minimum Gasteiger partial charge on any atom is -0.486 e. The largest absolute Gasteiger partial charge is 0.486 e. The van der Waals surface area contributed by atoms with Gasteiger partial charge in [0.05, 0.1) is 16.1 Å². The van der Waals surface area contributed by atoms with E-state index >= 15 is 0 Å². The van der Waals surface area contributed by atoms with Crippen LogP contribution in [0, 0.1) is 17.1 Å². The van der Waals surface area contributed by atoms with Crippen molar-refractivity contribution < 1.29 is 13.9 Å². The Morgan fingerprint density at radius 2 is 2.10 bits per heavy atom. The molecule has 6 heteroatoms. The number of nitriles is 1. The van der Waals surface area contributed by atoms with Crippen molar-refractivity contribution in [2.24, 2.45) is 0 Å². The molecule has 0 aliphatic carbocycles. The average Bonchev–Trinajstić information content (AvgIpc) is 2.47. The van der Waals surface area contributed by atoms with E-state index in [2.05, 4.69) is 0 Å². The molecular weight excluding hydrogens is 316 g/mol. The summed E-state index contributed by atoms with van der Waals surface area (Å²) in [6.45, 7) is -0.163. The van der Waals surface area contributed by atoms with E-state index in [4.69, 9.17) is 33.2 Å². The molecule has 106 valence electrons. The number of hydrogen-bond acceptors (Lipinski definition) is 3. The van der Waals surface area contributed by atoms with E-state index in [1.165, 1.54) is 24.3 Å². The molecule has 2 aromatic rings. The van der Waals surface area contributed by atoms with Crippen LogP contribution in [-0.2, 0) is 6.61 Å². The van der Waals surface area contributed by atoms with Gasteiger partial charge in [-0.15, -0.1) is 0 Å². The number of benzene rings is 2. The third-order valence-corrected chi connectivity index (χ3v) is 3.23. The van der Waals surface area contributed by atoms with Gasteiger partial charge in [0.2, 0.25) is 0 Å². The van der Waals surface area contributed by atoms with Gasteiger partial charge in [-0.3, -0.25) is 4.79 Å². The molecule has 0 saturated heterocycles. The van der Waals surface area contributed by atoms with E-state index in [9.17, 15) is 9.18 Å². The first-order valence-corrected chi connectivity index (χ1v) is 6.57. The molecule has 0 bridgehead atoms. The second-order valence-corrected chi connectivity index (χ2v) is 4.95. The highest BCUT2D eigenvalue weighted by atomic mass is 35.5. The molecule has 21 heavy (non-hydrogen) atoms. The third kappa shape index (κ3) is 3.33. The summed E-state index contributed by atoms with van der Waals surface area (Å²) < 4.78 is 19.3. The maximum atomic E-state index is 13.9. The number of hydrogen-bond donors (Lipinski definition) is 0. The highest BCUT2D eigenvalue weighted by Crippen LogP contribution is 2.32. The van der Waals surface area contributed by atoms with Crippen molar-refractivity contribution in [2.75, 3.05) is 0 Å². The average molecular weight is 324 g/mol. The zero-order valence-corrected chi connectivity index (χ0v) is 12.1. The number of ether oxygens (including phenoxy) is 1. The van der Waals surface area contributed by atoms with Crippen LogP contribution in [0.3, 0.4) is 0 Å². The van der Waals surface area contributed by atoms with Gasteiger partial charge < -0.3 is 4.74 Å². The van der Waals surface area contributed by atoms with E-state index in [-0.39, 0.29) is 34.1 Å². The molecule has 0 atom stereocenters. The van der Waals surface area contributed by atoms with Crippen molar-refractivity contribution in [3.05, 3.63) is 62.9 Å². The molecule has 0 radical (unpaired) electrons. The molecule has 0 aliphatic rings. The lowest BCUT2D eigenvalue weighted by molar-refractivity contribution is 0.111. The lowest BCUT2D eigenvalue weighted by Gasteiger charge is -2.11. The van der Waals surface area contributed by atoms with Crippen LogP contribution in [0.4, 0.5) is 4.39 Å². The van der Waals surface area contributed by atoms with Gasteiger partial charge in [-0.2, -0.15) is 5.26 Å². The fraction of sp³-hybridized carbons (Fsp3) is 0.0667. The summed E-state index contributed by atoms with van der Waals surface area (Å²) in [7, 11) is 0. The van der Waals surface area contributed by atoms with Crippen molar-refractivity contribution in [3.8, 4) is 11.8 Å². The number of aldehydes is 1. The number of carbonyl (C=O) groups excluding carboxylic acids is 1. The molecule has 0 spiro atoms. The van der Waals surface area contributed by atoms with Gasteiger partial charge in [0.25, 0.3) is 0 Å². The van der Waals surface area contributed by atoms with Crippen LogP contribution in [0.15, 0.2) is 30.3 Å². The summed E-state index contributed by atoms with van der Waals surface area (Å²) >= 11 is 11.8. The zero-order valence-electron chi connectivity index (χ0n) is 10.6. The fourth-order valence-corrected chi connectivity index (χ4v) is 2.31. The molecule has 0 unspecified atom stereocenters. The van der Waals surface area contributed by atoms with Crippen LogP contribution in [-0.4, -0.2) is 6.29 Å². The molecule has 0 N–H and O–H groups in total. The van der Waals surface area contributed by atoms with Crippen LogP contribution in [0.25, 0.3) is 0 Å². The topological polar surface area (TPSA) is 50.1 Å². The highest BCUT2D eigenvalue weighted by Gasteiger charge is 2.13. The molecule has 0 fully saturated rings. The van der Waals surface area contributed by atoms with Crippen molar-refractivity contribution in [1.29, 1.82) is 5.26 Å².